The van der Waals surface area contributed by atoms with Gasteiger partial charge in [-0.25, -0.2) is 9.97 Å². The molecule has 8 nitrogen and oxygen atoms in total. The summed E-state index contributed by atoms with van der Waals surface area (Å²) >= 11 is 0. The van der Waals surface area contributed by atoms with Gasteiger partial charge in [-0.15, -0.1) is 0 Å². The molecular formula is C27H32N6O2. The third-order valence-corrected chi connectivity index (χ3v) is 7.87. The molecule has 1 aliphatic heterocycles. The summed E-state index contributed by atoms with van der Waals surface area (Å²) in [5.41, 5.74) is 11.5. The van der Waals surface area contributed by atoms with Crippen molar-refractivity contribution in [3.8, 4) is 16.9 Å². The van der Waals surface area contributed by atoms with E-state index in [1.165, 1.54) is 32.1 Å². The third kappa shape index (κ3) is 3.95. The lowest BCUT2D eigenvalue weighted by Crippen LogP contribution is -2.31. The average molecular weight is 473 g/mol. The van der Waals surface area contributed by atoms with Crippen LogP contribution in [0.1, 0.15) is 61.3 Å². The number of hydrogen-bond donors (Lipinski definition) is 2. The van der Waals surface area contributed by atoms with Crippen molar-refractivity contribution in [2.24, 2.45) is 5.73 Å². The summed E-state index contributed by atoms with van der Waals surface area (Å²) in [6, 6.07) is 9.15. The zero-order valence-corrected chi connectivity index (χ0v) is 20.2. The molecule has 0 radical (unpaired) electrons. The van der Waals surface area contributed by atoms with Crippen LogP contribution >= 0.6 is 0 Å². The lowest BCUT2D eigenvalue weighted by atomic mass is 9.95. The lowest BCUT2D eigenvalue weighted by molar-refractivity contribution is 0.0996. The minimum absolute atomic E-state index is 0.330. The molecule has 1 amide bonds. The zero-order chi connectivity index (χ0) is 23.9. The Hall–Kier alpha value is -3.39. The Kier molecular flexibility index (Phi) is 5.68. The highest BCUT2D eigenvalue weighted by Gasteiger charge is 2.25. The van der Waals surface area contributed by atoms with Gasteiger partial charge in [-0.1, -0.05) is 25.3 Å². The van der Waals surface area contributed by atoms with E-state index in [4.69, 9.17) is 15.5 Å². The van der Waals surface area contributed by atoms with Crippen molar-refractivity contribution in [2.75, 3.05) is 20.2 Å². The van der Waals surface area contributed by atoms with Crippen molar-refractivity contribution in [3.05, 3.63) is 42.5 Å². The van der Waals surface area contributed by atoms with E-state index >= 15 is 0 Å². The summed E-state index contributed by atoms with van der Waals surface area (Å²) in [7, 11) is 2.11. The predicted molar refractivity (Wildman–Crippen MR) is 137 cm³/mol. The van der Waals surface area contributed by atoms with Gasteiger partial charge < -0.3 is 24.9 Å². The van der Waals surface area contributed by atoms with E-state index in [0.717, 1.165) is 41.5 Å². The molecule has 6 rings (SSSR count). The van der Waals surface area contributed by atoms with E-state index < -0.39 is 5.91 Å². The fourth-order valence-corrected chi connectivity index (χ4v) is 5.89. The van der Waals surface area contributed by atoms with Gasteiger partial charge in [0.2, 0.25) is 0 Å². The minimum atomic E-state index is -0.526. The summed E-state index contributed by atoms with van der Waals surface area (Å²) in [6.07, 6.45) is 12.2. The Morgan fingerprint density at radius 3 is 2.77 bits per heavy atom. The highest BCUT2D eigenvalue weighted by molar-refractivity contribution is 6.10. The number of carbonyl (C=O) groups excluding carboxylic acids is 1. The van der Waals surface area contributed by atoms with Gasteiger partial charge in [0, 0.05) is 17.6 Å². The van der Waals surface area contributed by atoms with Crippen LogP contribution in [0.2, 0.25) is 0 Å². The minimum Gasteiger partial charge on any atom is -0.491 e. The van der Waals surface area contributed by atoms with Gasteiger partial charge in [0.05, 0.1) is 34.7 Å². The smallest absolute Gasteiger partial charge is 0.254 e. The molecule has 0 spiro atoms. The Morgan fingerprint density at radius 1 is 1.14 bits per heavy atom. The van der Waals surface area contributed by atoms with Crippen molar-refractivity contribution in [1.82, 2.24) is 24.4 Å². The third-order valence-electron chi connectivity index (χ3n) is 7.87. The normalized spacial score (nSPS) is 19.6. The summed E-state index contributed by atoms with van der Waals surface area (Å²) < 4.78 is 8.59. The Labute approximate surface area is 204 Å². The number of aromatic amines is 1. The SMILES string of the molecule is CN1CCC[C@@H]1COc1cc(-c2ccc3c(c2)ncn3C2CCCCC2)c2nc[nH]c2c1C(N)=O. The second-order valence-corrected chi connectivity index (χ2v) is 10.0. The number of benzene rings is 2. The van der Waals surface area contributed by atoms with Crippen LogP contribution in [0.25, 0.3) is 33.2 Å². The highest BCUT2D eigenvalue weighted by atomic mass is 16.5. The molecule has 1 aliphatic carbocycles. The number of likely N-dealkylation sites (tertiary alicyclic amines) is 1. The number of amides is 1. The molecule has 0 bridgehead atoms. The number of rotatable bonds is 6. The van der Waals surface area contributed by atoms with Crippen molar-refractivity contribution in [2.45, 2.75) is 57.0 Å². The van der Waals surface area contributed by atoms with Crippen molar-refractivity contribution >= 4 is 28.0 Å². The van der Waals surface area contributed by atoms with E-state index in [9.17, 15) is 4.79 Å². The molecule has 1 saturated heterocycles. The first-order valence-electron chi connectivity index (χ1n) is 12.7. The predicted octanol–water partition coefficient (Wildman–Crippen LogP) is 4.66. The topological polar surface area (TPSA) is 102 Å². The largest absolute Gasteiger partial charge is 0.491 e. The number of nitrogens with zero attached hydrogens (tertiary/aromatic N) is 4. The molecule has 1 atom stereocenters. The van der Waals surface area contributed by atoms with E-state index in [1.807, 2.05) is 12.4 Å². The second-order valence-electron chi connectivity index (χ2n) is 10.0. The van der Waals surface area contributed by atoms with Crippen LogP contribution in [0.3, 0.4) is 0 Å². The van der Waals surface area contributed by atoms with Gasteiger partial charge in [-0.05, 0) is 63.0 Å². The lowest BCUT2D eigenvalue weighted by Gasteiger charge is -2.23. The van der Waals surface area contributed by atoms with Gasteiger partial charge in [-0.2, -0.15) is 0 Å². The van der Waals surface area contributed by atoms with Crippen LogP contribution in [0.5, 0.6) is 5.75 Å². The molecule has 2 fully saturated rings. The van der Waals surface area contributed by atoms with E-state index in [2.05, 4.69) is 44.7 Å². The van der Waals surface area contributed by atoms with Crippen LogP contribution in [-0.2, 0) is 0 Å². The molecule has 3 heterocycles. The zero-order valence-electron chi connectivity index (χ0n) is 20.2. The fourth-order valence-electron chi connectivity index (χ4n) is 5.89. The molecule has 182 valence electrons. The Bertz CT molecular complexity index is 1380. The van der Waals surface area contributed by atoms with Crippen LogP contribution < -0.4 is 10.5 Å². The molecule has 2 aliphatic rings. The summed E-state index contributed by atoms with van der Waals surface area (Å²) in [5, 5.41) is 0. The first kappa shape index (κ1) is 22.1. The molecule has 1 saturated carbocycles. The van der Waals surface area contributed by atoms with Crippen LogP contribution in [0.4, 0.5) is 0 Å². The number of ether oxygens (including phenoxy) is 1. The number of nitrogens with one attached hydrogen (secondary N) is 1. The fraction of sp³-hybridized carbons (Fsp3) is 0.444. The standard InChI is InChI=1S/C27H32N6O2/c1-32-11-5-8-19(32)14-35-23-13-20(25-26(30-15-29-25)24(23)27(28)34)17-9-10-22-21(12-17)31-16-33(22)18-6-3-2-4-7-18/h9-10,12-13,15-16,18-19H,2-8,11,14H2,1H3,(H2,28,34)(H,29,30)/t19-/m1/s1. The molecule has 8 heteroatoms. The van der Waals surface area contributed by atoms with Gasteiger partial charge in [0.1, 0.15) is 17.9 Å². The highest BCUT2D eigenvalue weighted by Crippen LogP contribution is 2.37. The van der Waals surface area contributed by atoms with Crippen molar-refractivity contribution in [1.29, 1.82) is 0 Å². The maximum Gasteiger partial charge on any atom is 0.254 e. The maximum absolute atomic E-state index is 12.4. The first-order valence-corrected chi connectivity index (χ1v) is 12.7. The van der Waals surface area contributed by atoms with E-state index in [0.29, 0.717) is 41.0 Å². The molecule has 2 aromatic carbocycles. The summed E-state index contributed by atoms with van der Waals surface area (Å²) in [4.78, 5) is 27.1. The molecule has 3 N–H and O–H groups in total. The summed E-state index contributed by atoms with van der Waals surface area (Å²) in [5.74, 6) is -0.0281. The number of H-pyrrole nitrogens is 1. The molecule has 4 aromatic rings. The van der Waals surface area contributed by atoms with Crippen LogP contribution in [0, 0.1) is 0 Å². The van der Waals surface area contributed by atoms with Gasteiger partial charge in [0.25, 0.3) is 5.91 Å². The Morgan fingerprint density at radius 2 is 2.00 bits per heavy atom. The first-order chi connectivity index (χ1) is 17.1. The van der Waals surface area contributed by atoms with Gasteiger partial charge in [0.15, 0.2) is 0 Å². The molecule has 0 unspecified atom stereocenters. The molecule has 2 aromatic heterocycles. The van der Waals surface area contributed by atoms with Crippen molar-refractivity contribution < 1.29 is 9.53 Å². The Balaban J connectivity index is 1.40. The molecule has 35 heavy (non-hydrogen) atoms. The molecular weight excluding hydrogens is 440 g/mol. The number of fused-ring (bicyclic) bond motifs is 2. The van der Waals surface area contributed by atoms with Crippen LogP contribution in [-0.4, -0.2) is 56.6 Å². The second kappa shape index (κ2) is 9.00. The monoisotopic (exact) mass is 472 g/mol. The van der Waals surface area contributed by atoms with Crippen molar-refractivity contribution in [3.63, 3.8) is 0 Å². The number of primary amides is 1. The van der Waals surface area contributed by atoms with E-state index in [1.54, 1.807) is 6.33 Å². The summed E-state index contributed by atoms with van der Waals surface area (Å²) in [6.45, 7) is 1.58. The average Bonchev–Trinajstić information content (AvgIpc) is 3.61. The number of carbonyl (C=O) groups is 1. The maximum atomic E-state index is 12.4. The van der Waals surface area contributed by atoms with Gasteiger partial charge in [-0.3, -0.25) is 4.79 Å². The number of imidazole rings is 2. The quantitative estimate of drug-likeness (QED) is 0.425. The number of hydrogen-bond acceptors (Lipinski definition) is 5. The van der Waals surface area contributed by atoms with E-state index in [-0.39, 0.29) is 0 Å². The number of aromatic nitrogens is 4. The number of nitrogens with two attached hydrogens (primary N) is 1. The number of likely N-dealkylation sites (N-methyl/N-ethyl adjacent to an activating group) is 1. The van der Waals surface area contributed by atoms with Gasteiger partial charge >= 0.3 is 0 Å². The van der Waals surface area contributed by atoms with Crippen LogP contribution in [0.15, 0.2) is 36.9 Å².